The average Bonchev–Trinajstić information content (AvgIpc) is 3.15. The zero-order valence-electron chi connectivity index (χ0n) is 14.6. The number of aromatic nitrogens is 2. The van der Waals surface area contributed by atoms with Crippen LogP contribution in [0.4, 0.5) is 32.2 Å². The number of carbonyl (C=O) groups is 1. The van der Waals surface area contributed by atoms with Gasteiger partial charge in [-0.3, -0.25) is 15.6 Å². The number of hydrogen-bond donors (Lipinski definition) is 2. The summed E-state index contributed by atoms with van der Waals surface area (Å²) < 4.78 is 77.9. The normalized spacial score (nSPS) is 12.0. The first-order valence-electron chi connectivity index (χ1n) is 8.11. The molecule has 0 aliphatic carbocycles. The minimum atomic E-state index is -4.63. The molecule has 2 aromatic heterocycles. The van der Waals surface area contributed by atoms with Gasteiger partial charge in [0.25, 0.3) is 5.91 Å². The standard InChI is InChI=1S/C18H11ClF6N4O/c19-13-8-11(18(23,24)25)9-26-15(13)27-28-16(30)14-5-2-6-29(14)12-4-1-3-10(7-12)17(20,21)22/h1-9H,(H,26,27)(H,28,30). The number of nitrogens with one attached hydrogen (secondary N) is 2. The number of rotatable bonds is 4. The summed E-state index contributed by atoms with van der Waals surface area (Å²) in [6.07, 6.45) is -7.28. The highest BCUT2D eigenvalue weighted by Gasteiger charge is 2.32. The fraction of sp³-hybridized carbons (Fsp3) is 0.111. The molecule has 0 saturated heterocycles. The zero-order valence-corrected chi connectivity index (χ0v) is 15.4. The first kappa shape index (κ1) is 21.5. The third-order valence-corrected chi connectivity index (χ3v) is 4.18. The number of anilines is 1. The Morgan fingerprint density at radius 2 is 1.67 bits per heavy atom. The number of hydrazine groups is 1. The molecule has 1 aromatic carbocycles. The van der Waals surface area contributed by atoms with Crippen LogP contribution in [-0.4, -0.2) is 15.5 Å². The van der Waals surface area contributed by atoms with E-state index in [2.05, 4.69) is 15.8 Å². The second-order valence-electron chi connectivity index (χ2n) is 5.94. The van der Waals surface area contributed by atoms with Crippen LogP contribution in [0.25, 0.3) is 5.69 Å². The molecule has 0 unspecified atom stereocenters. The van der Waals surface area contributed by atoms with Gasteiger partial charge in [0.1, 0.15) is 5.69 Å². The van der Waals surface area contributed by atoms with Crippen molar-refractivity contribution < 1.29 is 31.1 Å². The van der Waals surface area contributed by atoms with Crippen molar-refractivity contribution in [2.75, 3.05) is 5.43 Å². The molecule has 5 nitrogen and oxygen atoms in total. The van der Waals surface area contributed by atoms with Crippen molar-refractivity contribution in [3.05, 3.63) is 76.7 Å². The second kappa shape index (κ2) is 7.90. The maximum absolute atomic E-state index is 12.9. The van der Waals surface area contributed by atoms with E-state index in [4.69, 9.17) is 11.6 Å². The van der Waals surface area contributed by atoms with Crippen molar-refractivity contribution in [3.8, 4) is 5.69 Å². The van der Waals surface area contributed by atoms with Crippen LogP contribution in [-0.2, 0) is 12.4 Å². The largest absolute Gasteiger partial charge is 0.417 e. The highest BCUT2D eigenvalue weighted by molar-refractivity contribution is 6.33. The molecule has 30 heavy (non-hydrogen) atoms. The number of nitrogens with zero attached hydrogens (tertiary/aromatic N) is 2. The number of benzene rings is 1. The predicted molar refractivity (Wildman–Crippen MR) is 96.1 cm³/mol. The summed E-state index contributed by atoms with van der Waals surface area (Å²) in [6, 6.07) is 7.77. The minimum absolute atomic E-state index is 0.0372. The van der Waals surface area contributed by atoms with Gasteiger partial charge in [0.2, 0.25) is 0 Å². The molecular weight excluding hydrogens is 438 g/mol. The van der Waals surface area contributed by atoms with E-state index in [0.29, 0.717) is 12.3 Å². The quantitative estimate of drug-likeness (QED) is 0.419. The fourth-order valence-electron chi connectivity index (χ4n) is 2.49. The summed E-state index contributed by atoms with van der Waals surface area (Å²) in [5, 5.41) is -0.390. The summed E-state index contributed by atoms with van der Waals surface area (Å²) >= 11 is 5.74. The monoisotopic (exact) mass is 448 g/mol. The first-order chi connectivity index (χ1) is 14.0. The Balaban J connectivity index is 1.78. The molecule has 2 heterocycles. The van der Waals surface area contributed by atoms with Gasteiger partial charge in [-0.15, -0.1) is 0 Å². The maximum Gasteiger partial charge on any atom is 0.417 e. The van der Waals surface area contributed by atoms with Crippen LogP contribution in [0.5, 0.6) is 0 Å². The molecule has 12 heteroatoms. The summed E-state index contributed by atoms with van der Waals surface area (Å²) in [5.41, 5.74) is 2.58. The summed E-state index contributed by atoms with van der Waals surface area (Å²) in [5.74, 6) is -1.02. The van der Waals surface area contributed by atoms with Gasteiger partial charge < -0.3 is 4.57 Å². The van der Waals surface area contributed by atoms with Crippen molar-refractivity contribution in [1.82, 2.24) is 15.0 Å². The smallest absolute Gasteiger partial charge is 0.312 e. The Morgan fingerprint density at radius 1 is 0.967 bits per heavy atom. The Hall–Kier alpha value is -3.21. The first-order valence-corrected chi connectivity index (χ1v) is 8.48. The number of halogens is 7. The Kier molecular flexibility index (Phi) is 5.66. The summed E-state index contributed by atoms with van der Waals surface area (Å²) in [7, 11) is 0. The van der Waals surface area contributed by atoms with Gasteiger partial charge in [-0.05, 0) is 36.4 Å². The molecule has 0 atom stereocenters. The zero-order chi connectivity index (χ0) is 22.1. The molecule has 0 bridgehead atoms. The van der Waals surface area contributed by atoms with E-state index in [0.717, 1.165) is 12.1 Å². The lowest BCUT2D eigenvalue weighted by Crippen LogP contribution is -2.31. The number of pyridine rings is 1. The molecule has 1 amide bonds. The highest BCUT2D eigenvalue weighted by Crippen LogP contribution is 2.32. The van der Waals surface area contributed by atoms with Gasteiger partial charge >= 0.3 is 12.4 Å². The van der Waals surface area contributed by atoms with Gasteiger partial charge in [0, 0.05) is 18.1 Å². The molecule has 158 valence electrons. The number of carbonyl (C=O) groups excluding carboxylic acids is 1. The molecule has 0 saturated carbocycles. The van der Waals surface area contributed by atoms with Crippen LogP contribution in [0, 0.1) is 0 Å². The van der Waals surface area contributed by atoms with Crippen LogP contribution in [0.15, 0.2) is 54.9 Å². The molecule has 0 aliphatic rings. The van der Waals surface area contributed by atoms with Gasteiger partial charge in [-0.25, -0.2) is 4.98 Å². The van der Waals surface area contributed by atoms with E-state index in [-0.39, 0.29) is 17.2 Å². The van der Waals surface area contributed by atoms with Crippen LogP contribution in [0.1, 0.15) is 21.6 Å². The third-order valence-electron chi connectivity index (χ3n) is 3.90. The molecule has 3 aromatic rings. The van der Waals surface area contributed by atoms with Gasteiger partial charge in [-0.2, -0.15) is 26.3 Å². The number of hydrogen-bond acceptors (Lipinski definition) is 3. The molecule has 3 rings (SSSR count). The third kappa shape index (κ3) is 4.67. The number of amides is 1. The lowest BCUT2D eigenvalue weighted by molar-refractivity contribution is -0.138. The predicted octanol–water partition coefficient (Wildman–Crippen LogP) is 5.32. The lowest BCUT2D eigenvalue weighted by atomic mass is 10.2. The summed E-state index contributed by atoms with van der Waals surface area (Å²) in [4.78, 5) is 15.9. The van der Waals surface area contributed by atoms with Gasteiger partial charge in [0.15, 0.2) is 5.82 Å². The average molecular weight is 449 g/mol. The molecule has 0 spiro atoms. The second-order valence-corrected chi connectivity index (χ2v) is 6.35. The van der Waals surface area contributed by atoms with Crippen LogP contribution >= 0.6 is 11.6 Å². The van der Waals surface area contributed by atoms with Crippen molar-refractivity contribution in [1.29, 1.82) is 0 Å². The van der Waals surface area contributed by atoms with Crippen LogP contribution in [0.3, 0.4) is 0 Å². The minimum Gasteiger partial charge on any atom is -0.312 e. The van der Waals surface area contributed by atoms with Crippen LogP contribution in [0.2, 0.25) is 5.02 Å². The fourth-order valence-corrected chi connectivity index (χ4v) is 2.70. The Bertz CT molecular complexity index is 1080. The van der Waals surface area contributed by atoms with E-state index < -0.39 is 34.4 Å². The Labute approximate surface area is 170 Å². The van der Waals surface area contributed by atoms with Crippen molar-refractivity contribution >= 4 is 23.3 Å². The van der Waals surface area contributed by atoms with Crippen molar-refractivity contribution in [2.45, 2.75) is 12.4 Å². The molecule has 0 fully saturated rings. The maximum atomic E-state index is 12.9. The lowest BCUT2D eigenvalue weighted by Gasteiger charge is -2.14. The van der Waals surface area contributed by atoms with E-state index in [1.165, 1.54) is 35.0 Å². The van der Waals surface area contributed by atoms with E-state index in [1.54, 1.807) is 0 Å². The highest BCUT2D eigenvalue weighted by atomic mass is 35.5. The van der Waals surface area contributed by atoms with Gasteiger partial charge in [-0.1, -0.05) is 17.7 Å². The van der Waals surface area contributed by atoms with Crippen molar-refractivity contribution in [3.63, 3.8) is 0 Å². The molecular formula is C18H11ClF6N4O. The molecule has 0 radical (unpaired) electrons. The summed E-state index contributed by atoms with van der Waals surface area (Å²) in [6.45, 7) is 0. The van der Waals surface area contributed by atoms with E-state index in [9.17, 15) is 31.1 Å². The molecule has 0 aliphatic heterocycles. The van der Waals surface area contributed by atoms with Crippen LogP contribution < -0.4 is 10.9 Å². The van der Waals surface area contributed by atoms with Gasteiger partial charge in [0.05, 0.1) is 16.1 Å². The van der Waals surface area contributed by atoms with E-state index in [1.807, 2.05) is 0 Å². The topological polar surface area (TPSA) is 59.0 Å². The van der Waals surface area contributed by atoms with Crippen molar-refractivity contribution in [2.24, 2.45) is 0 Å². The van der Waals surface area contributed by atoms with E-state index >= 15 is 0 Å². The SMILES string of the molecule is O=C(NNc1ncc(C(F)(F)F)cc1Cl)c1cccn1-c1cccc(C(F)(F)F)c1. The Morgan fingerprint density at radius 3 is 2.30 bits per heavy atom. The number of alkyl halides is 6. The molecule has 2 N–H and O–H groups in total.